The van der Waals surface area contributed by atoms with Gasteiger partial charge in [-0.3, -0.25) is 0 Å². The molecular weight excluding hydrogens is 246 g/mol. The van der Waals surface area contributed by atoms with Crippen LogP contribution in [0, 0.1) is 0 Å². The maximum Gasteiger partial charge on any atom is 0.0953 e. The summed E-state index contributed by atoms with van der Waals surface area (Å²) in [6.07, 6.45) is 1.32. The number of benzene rings is 1. The molecule has 1 rings (SSSR count). The molecule has 2 nitrogen and oxygen atoms in total. The molecule has 0 aliphatic carbocycles. The Morgan fingerprint density at radius 3 is 2.56 bits per heavy atom. The van der Waals surface area contributed by atoms with E-state index in [1.165, 1.54) is 0 Å². The van der Waals surface area contributed by atoms with E-state index in [-0.39, 0.29) is 12.2 Å². The summed E-state index contributed by atoms with van der Waals surface area (Å²) < 4.78 is 6.07. The lowest BCUT2D eigenvalue weighted by molar-refractivity contribution is -0.00537. The molecule has 1 N–H and O–H groups in total. The Morgan fingerprint density at radius 1 is 1.28 bits per heavy atom. The lowest BCUT2D eigenvalue weighted by Gasteiger charge is -2.24. The summed E-state index contributed by atoms with van der Waals surface area (Å²) in [5, 5.41) is 4.18. The second-order valence-corrected chi connectivity index (χ2v) is 5.40. The molecule has 0 radical (unpaired) electrons. The molecule has 0 saturated carbocycles. The number of hydrogen-bond acceptors (Lipinski definition) is 2. The molecule has 2 atom stereocenters. The minimum atomic E-state index is 0.0565. The number of ether oxygens (including phenoxy) is 1. The zero-order valence-corrected chi connectivity index (χ0v) is 12.5. The van der Waals surface area contributed by atoms with Crippen molar-refractivity contribution in [3.63, 3.8) is 0 Å². The normalized spacial score (nSPS) is 14.8. The van der Waals surface area contributed by atoms with E-state index >= 15 is 0 Å². The molecule has 1 aromatic carbocycles. The third-order valence-corrected chi connectivity index (χ3v) is 3.14. The maximum absolute atomic E-state index is 6.07. The first-order chi connectivity index (χ1) is 8.52. The van der Waals surface area contributed by atoms with Crippen LogP contribution in [-0.2, 0) is 4.74 Å². The van der Waals surface area contributed by atoms with E-state index in [0.717, 1.165) is 23.6 Å². The highest BCUT2D eigenvalue weighted by Crippen LogP contribution is 2.22. The molecule has 0 spiro atoms. The first-order valence-corrected chi connectivity index (χ1v) is 7.05. The number of nitrogens with one attached hydrogen (secondary N) is 1. The highest BCUT2D eigenvalue weighted by molar-refractivity contribution is 6.30. The van der Waals surface area contributed by atoms with Gasteiger partial charge in [0.25, 0.3) is 0 Å². The van der Waals surface area contributed by atoms with Gasteiger partial charge in [0.05, 0.1) is 12.2 Å². The third-order valence-electron chi connectivity index (χ3n) is 2.90. The van der Waals surface area contributed by atoms with Crippen LogP contribution in [0.15, 0.2) is 24.3 Å². The van der Waals surface area contributed by atoms with Crippen molar-refractivity contribution in [3.8, 4) is 0 Å². The zero-order valence-electron chi connectivity index (χ0n) is 11.7. The molecule has 0 aliphatic heterocycles. The zero-order chi connectivity index (χ0) is 13.5. The van der Waals surface area contributed by atoms with Crippen LogP contribution in [0.3, 0.4) is 0 Å². The predicted molar refractivity (Wildman–Crippen MR) is 78.2 cm³/mol. The van der Waals surface area contributed by atoms with Crippen molar-refractivity contribution in [3.05, 3.63) is 34.9 Å². The van der Waals surface area contributed by atoms with Crippen LogP contribution in [0.2, 0.25) is 5.02 Å². The first-order valence-electron chi connectivity index (χ1n) is 6.67. The molecular formula is C15H24ClNO. The molecule has 18 heavy (non-hydrogen) atoms. The van der Waals surface area contributed by atoms with Crippen molar-refractivity contribution in [1.29, 1.82) is 0 Å². The van der Waals surface area contributed by atoms with Crippen molar-refractivity contribution in [2.45, 2.75) is 52.4 Å². The molecule has 0 saturated heterocycles. The van der Waals surface area contributed by atoms with E-state index in [9.17, 15) is 0 Å². The van der Waals surface area contributed by atoms with Gasteiger partial charge >= 0.3 is 0 Å². The van der Waals surface area contributed by atoms with Gasteiger partial charge in [-0.2, -0.15) is 0 Å². The smallest absolute Gasteiger partial charge is 0.0953 e. The van der Waals surface area contributed by atoms with Gasteiger partial charge in [0, 0.05) is 17.6 Å². The van der Waals surface area contributed by atoms with E-state index in [4.69, 9.17) is 16.3 Å². The average Bonchev–Trinajstić information content (AvgIpc) is 2.33. The molecule has 0 aliphatic rings. The summed E-state index contributed by atoms with van der Waals surface area (Å²) >= 11 is 6.05. The Labute approximate surface area is 116 Å². The molecule has 102 valence electrons. The molecule has 0 amide bonds. The van der Waals surface area contributed by atoms with E-state index in [0.29, 0.717) is 6.04 Å². The summed E-state index contributed by atoms with van der Waals surface area (Å²) in [7, 11) is 0. The summed E-state index contributed by atoms with van der Waals surface area (Å²) in [6.45, 7) is 9.32. The van der Waals surface area contributed by atoms with Crippen LogP contribution in [0.4, 0.5) is 0 Å². The van der Waals surface area contributed by atoms with Gasteiger partial charge < -0.3 is 10.1 Å². The maximum atomic E-state index is 6.07. The Kier molecular flexibility index (Phi) is 6.69. The SMILES string of the molecule is CCC(C)OC(CNC(C)C)c1cccc(Cl)c1. The van der Waals surface area contributed by atoms with Crippen LogP contribution >= 0.6 is 11.6 Å². The Morgan fingerprint density at radius 2 is 2.00 bits per heavy atom. The van der Waals surface area contributed by atoms with Crippen molar-refractivity contribution in [2.24, 2.45) is 0 Å². The monoisotopic (exact) mass is 269 g/mol. The lowest BCUT2D eigenvalue weighted by atomic mass is 10.1. The van der Waals surface area contributed by atoms with E-state index in [2.05, 4.69) is 39.1 Å². The van der Waals surface area contributed by atoms with Gasteiger partial charge in [-0.25, -0.2) is 0 Å². The molecule has 3 heteroatoms. The van der Waals surface area contributed by atoms with Gasteiger partial charge in [0.15, 0.2) is 0 Å². The van der Waals surface area contributed by atoms with Crippen molar-refractivity contribution < 1.29 is 4.74 Å². The summed E-state index contributed by atoms with van der Waals surface area (Å²) in [5.74, 6) is 0. The molecule has 2 unspecified atom stereocenters. The molecule has 0 heterocycles. The van der Waals surface area contributed by atoms with Crippen molar-refractivity contribution in [2.75, 3.05) is 6.54 Å². The standard InChI is InChI=1S/C15H24ClNO/c1-5-12(4)18-15(10-17-11(2)3)13-7-6-8-14(16)9-13/h6-9,11-12,15,17H,5,10H2,1-4H3. The number of rotatable bonds is 7. The number of halogens is 1. The Hall–Kier alpha value is -0.570. The fourth-order valence-electron chi connectivity index (χ4n) is 1.67. The first kappa shape index (κ1) is 15.5. The van der Waals surface area contributed by atoms with E-state index < -0.39 is 0 Å². The van der Waals surface area contributed by atoms with E-state index in [1.807, 2.05) is 18.2 Å². The minimum Gasteiger partial charge on any atom is -0.369 e. The van der Waals surface area contributed by atoms with Crippen LogP contribution in [-0.4, -0.2) is 18.7 Å². The van der Waals surface area contributed by atoms with Crippen LogP contribution in [0.25, 0.3) is 0 Å². The Balaban J connectivity index is 2.75. The third kappa shape index (κ3) is 5.38. The van der Waals surface area contributed by atoms with Gasteiger partial charge in [-0.1, -0.05) is 44.5 Å². The Bertz CT molecular complexity index is 354. The van der Waals surface area contributed by atoms with Crippen LogP contribution < -0.4 is 5.32 Å². The lowest BCUT2D eigenvalue weighted by Crippen LogP contribution is -2.30. The van der Waals surface area contributed by atoms with Crippen molar-refractivity contribution in [1.82, 2.24) is 5.32 Å². The van der Waals surface area contributed by atoms with Gasteiger partial charge in [0.2, 0.25) is 0 Å². The average molecular weight is 270 g/mol. The molecule has 0 aromatic heterocycles. The quantitative estimate of drug-likeness (QED) is 0.801. The number of hydrogen-bond donors (Lipinski definition) is 1. The van der Waals surface area contributed by atoms with Crippen LogP contribution in [0.1, 0.15) is 45.8 Å². The van der Waals surface area contributed by atoms with E-state index in [1.54, 1.807) is 0 Å². The summed E-state index contributed by atoms with van der Waals surface area (Å²) in [4.78, 5) is 0. The summed E-state index contributed by atoms with van der Waals surface area (Å²) in [6, 6.07) is 8.37. The predicted octanol–water partition coefficient (Wildman–Crippen LogP) is 4.19. The molecule has 0 fully saturated rings. The highest BCUT2D eigenvalue weighted by atomic mass is 35.5. The second-order valence-electron chi connectivity index (χ2n) is 4.96. The second kappa shape index (κ2) is 7.78. The van der Waals surface area contributed by atoms with Gasteiger partial charge in [-0.15, -0.1) is 0 Å². The van der Waals surface area contributed by atoms with Gasteiger partial charge in [-0.05, 0) is 31.0 Å². The molecule has 0 bridgehead atoms. The fourth-order valence-corrected chi connectivity index (χ4v) is 1.87. The van der Waals surface area contributed by atoms with Gasteiger partial charge in [0.1, 0.15) is 0 Å². The molecule has 1 aromatic rings. The van der Waals surface area contributed by atoms with Crippen molar-refractivity contribution >= 4 is 11.6 Å². The fraction of sp³-hybridized carbons (Fsp3) is 0.600. The van der Waals surface area contributed by atoms with Crippen LogP contribution in [0.5, 0.6) is 0 Å². The topological polar surface area (TPSA) is 21.3 Å². The minimum absolute atomic E-state index is 0.0565. The summed E-state index contributed by atoms with van der Waals surface area (Å²) in [5.41, 5.74) is 1.14. The highest BCUT2D eigenvalue weighted by Gasteiger charge is 2.15. The largest absolute Gasteiger partial charge is 0.369 e.